The van der Waals surface area contributed by atoms with Crippen LogP contribution in [-0.2, 0) is 14.6 Å². The number of hydrogen-bond donors (Lipinski definition) is 2. The Morgan fingerprint density at radius 1 is 1.48 bits per heavy atom. The molecule has 2 saturated heterocycles. The Labute approximate surface area is 146 Å². The summed E-state index contributed by atoms with van der Waals surface area (Å²) in [6.07, 6.45) is -3.44. The Hall–Kier alpha value is -1.59. The van der Waals surface area contributed by atoms with Crippen molar-refractivity contribution in [2.45, 2.75) is 37.1 Å². The number of aliphatic hydroxyl groups excluding tert-OH is 1. The van der Waals surface area contributed by atoms with Crippen LogP contribution in [0.15, 0.2) is 6.33 Å². The third-order valence-corrected chi connectivity index (χ3v) is 4.57. The van der Waals surface area contributed by atoms with Crippen molar-refractivity contribution in [1.82, 2.24) is 19.5 Å². The number of aliphatic hydroxyl groups is 1. The molecule has 0 bridgehead atoms. The fraction of sp³-hybridized carbons (Fsp3) is 0.643. The lowest BCUT2D eigenvalue weighted by Gasteiger charge is -2.16. The van der Waals surface area contributed by atoms with Gasteiger partial charge in [0.15, 0.2) is 29.4 Å². The van der Waals surface area contributed by atoms with Gasteiger partial charge < -0.3 is 19.9 Å². The minimum atomic E-state index is -1.77. The fourth-order valence-corrected chi connectivity index (χ4v) is 3.25. The highest BCUT2D eigenvalue weighted by molar-refractivity contribution is 6.28. The lowest BCUT2D eigenvalue weighted by Crippen LogP contribution is -2.30. The van der Waals surface area contributed by atoms with Crippen molar-refractivity contribution in [1.29, 1.82) is 0 Å². The predicted octanol–water partition coefficient (Wildman–Crippen LogP) is 0.707. The van der Waals surface area contributed by atoms with E-state index in [1.54, 1.807) is 0 Å². The van der Waals surface area contributed by atoms with E-state index in [-0.39, 0.29) is 17.0 Å². The molecule has 2 aliphatic rings. The number of imidazole rings is 1. The molecular formula is C14H16ClFN5O4. The van der Waals surface area contributed by atoms with Crippen molar-refractivity contribution >= 4 is 28.6 Å². The highest BCUT2D eigenvalue weighted by atomic mass is 35.5. The van der Waals surface area contributed by atoms with Gasteiger partial charge in [-0.25, -0.2) is 14.5 Å². The number of anilines is 1. The number of rotatable bonds is 4. The average Bonchev–Trinajstić information content (AvgIpc) is 3.29. The molecule has 0 unspecified atom stereocenters. The quantitative estimate of drug-likeness (QED) is 0.759. The Balaban J connectivity index is 1.70. The highest BCUT2D eigenvalue weighted by Gasteiger charge is 2.45. The van der Waals surface area contributed by atoms with Crippen LogP contribution < -0.4 is 5.32 Å². The normalized spacial score (nSPS) is 32.6. The van der Waals surface area contributed by atoms with Crippen LogP contribution in [0.3, 0.4) is 0 Å². The van der Waals surface area contributed by atoms with Crippen molar-refractivity contribution in [3.63, 3.8) is 0 Å². The van der Waals surface area contributed by atoms with Crippen LogP contribution in [0.5, 0.6) is 0 Å². The molecule has 11 heteroatoms. The van der Waals surface area contributed by atoms with Crippen molar-refractivity contribution in [3.05, 3.63) is 11.6 Å². The largest absolute Gasteiger partial charge is 0.387 e. The molecule has 5 atom stereocenters. The predicted molar refractivity (Wildman–Crippen MR) is 83.5 cm³/mol. The third kappa shape index (κ3) is 2.93. The number of alkyl halides is 1. The van der Waals surface area contributed by atoms with E-state index in [4.69, 9.17) is 21.1 Å². The minimum absolute atomic E-state index is 0.0370. The second-order valence-corrected chi connectivity index (χ2v) is 6.37. The maximum Gasteiger partial charge on any atom is 0.226 e. The summed E-state index contributed by atoms with van der Waals surface area (Å²) in [6, 6.07) is 0.0719. The van der Waals surface area contributed by atoms with Gasteiger partial charge in [-0.15, -0.1) is 0 Å². The van der Waals surface area contributed by atoms with Crippen molar-refractivity contribution in [3.8, 4) is 0 Å². The van der Waals surface area contributed by atoms with Crippen molar-refractivity contribution in [2.75, 3.05) is 25.1 Å². The molecule has 2 N–H and O–H groups in total. The summed E-state index contributed by atoms with van der Waals surface area (Å²) in [5, 5.41) is 24.0. The van der Waals surface area contributed by atoms with Gasteiger partial charge in [0, 0.05) is 6.61 Å². The molecule has 0 saturated carbocycles. The van der Waals surface area contributed by atoms with Gasteiger partial charge >= 0.3 is 0 Å². The van der Waals surface area contributed by atoms with Gasteiger partial charge in [-0.3, -0.25) is 4.57 Å². The molecule has 0 aliphatic carbocycles. The van der Waals surface area contributed by atoms with E-state index in [0.29, 0.717) is 24.5 Å². The smallest absolute Gasteiger partial charge is 0.226 e. The molecule has 2 aromatic heterocycles. The van der Waals surface area contributed by atoms with Crippen LogP contribution in [0.2, 0.25) is 5.28 Å². The van der Waals surface area contributed by atoms with Gasteiger partial charge in [0.2, 0.25) is 5.28 Å². The van der Waals surface area contributed by atoms with E-state index in [0.717, 1.165) is 6.42 Å². The van der Waals surface area contributed by atoms with Gasteiger partial charge in [-0.2, -0.15) is 9.97 Å². The number of halogens is 2. The molecule has 25 heavy (non-hydrogen) atoms. The van der Waals surface area contributed by atoms with Crippen LogP contribution in [-0.4, -0.2) is 68.9 Å². The first-order chi connectivity index (χ1) is 12.1. The van der Waals surface area contributed by atoms with Gasteiger partial charge in [-0.05, 0) is 18.0 Å². The average molecular weight is 373 g/mol. The lowest BCUT2D eigenvalue weighted by molar-refractivity contribution is -0.0593. The maximum atomic E-state index is 14.4. The standard InChI is InChI=1S/C14H16ClFN5O4/c15-14-19-11(18-6-1-2-24-4-6)9-12(20-14)21(5-17-9)13-8(16)10(23)7(3-22)25-13/h5-8,10,13,23H,1-4H2,(H,18,19,20)/t6-,7+,8-,10+,13+/m0/s1. The van der Waals surface area contributed by atoms with Gasteiger partial charge in [-0.1, -0.05) is 0 Å². The maximum absolute atomic E-state index is 14.4. The topological polar surface area (TPSA) is 114 Å². The zero-order chi connectivity index (χ0) is 17.6. The van der Waals surface area contributed by atoms with Crippen LogP contribution in [0, 0.1) is 0 Å². The SMILES string of the molecule is [O]C[C@H]1O[C@@H](n2cnc3c(N[C@H]4CCOC4)nc(Cl)nc32)[C@@H](F)[C@@H]1O. The number of nitrogens with one attached hydrogen (secondary N) is 1. The monoisotopic (exact) mass is 372 g/mol. The molecule has 2 aliphatic heterocycles. The number of ether oxygens (including phenoxy) is 2. The molecule has 4 heterocycles. The van der Waals surface area contributed by atoms with Gasteiger partial charge in [0.05, 0.1) is 19.0 Å². The van der Waals surface area contributed by atoms with Crippen LogP contribution in [0.4, 0.5) is 10.2 Å². The molecule has 4 rings (SSSR count). The van der Waals surface area contributed by atoms with E-state index >= 15 is 0 Å². The molecule has 2 aromatic rings. The molecule has 1 radical (unpaired) electrons. The first-order valence-electron chi connectivity index (χ1n) is 7.88. The summed E-state index contributed by atoms with van der Waals surface area (Å²) in [5.74, 6) is 0.415. The van der Waals surface area contributed by atoms with Gasteiger partial charge in [0.1, 0.15) is 18.8 Å². The second-order valence-electron chi connectivity index (χ2n) is 6.04. The number of fused-ring (bicyclic) bond motifs is 1. The summed E-state index contributed by atoms with van der Waals surface area (Å²) in [4.78, 5) is 12.5. The molecule has 2 fully saturated rings. The minimum Gasteiger partial charge on any atom is -0.387 e. The number of nitrogens with zero attached hydrogens (tertiary/aromatic N) is 4. The van der Waals surface area contributed by atoms with Crippen LogP contribution in [0.25, 0.3) is 11.2 Å². The Morgan fingerprint density at radius 2 is 2.32 bits per heavy atom. The second kappa shape index (κ2) is 6.61. The third-order valence-electron chi connectivity index (χ3n) is 4.40. The van der Waals surface area contributed by atoms with Crippen LogP contribution in [0.1, 0.15) is 12.6 Å². The summed E-state index contributed by atoms with van der Waals surface area (Å²) in [5.41, 5.74) is 0.653. The van der Waals surface area contributed by atoms with Crippen LogP contribution >= 0.6 is 11.6 Å². The number of aromatic nitrogens is 4. The lowest BCUT2D eigenvalue weighted by atomic mass is 10.1. The molecule has 0 amide bonds. The van der Waals surface area contributed by atoms with E-state index in [9.17, 15) is 14.6 Å². The van der Waals surface area contributed by atoms with E-state index in [1.807, 2.05) is 0 Å². The van der Waals surface area contributed by atoms with E-state index in [1.165, 1.54) is 10.9 Å². The number of hydrogen-bond acceptors (Lipinski definition) is 7. The van der Waals surface area contributed by atoms with Crippen molar-refractivity contribution in [2.24, 2.45) is 0 Å². The summed E-state index contributed by atoms with van der Waals surface area (Å²) >= 11 is 6.00. The molecule has 0 spiro atoms. The first kappa shape index (κ1) is 16.9. The van der Waals surface area contributed by atoms with E-state index in [2.05, 4.69) is 20.3 Å². The van der Waals surface area contributed by atoms with Gasteiger partial charge in [0.25, 0.3) is 0 Å². The summed E-state index contributed by atoms with van der Waals surface area (Å²) in [7, 11) is 0. The van der Waals surface area contributed by atoms with Crippen molar-refractivity contribution < 1.29 is 24.1 Å². The fourth-order valence-electron chi connectivity index (χ4n) is 3.08. The highest BCUT2D eigenvalue weighted by Crippen LogP contribution is 2.34. The zero-order valence-electron chi connectivity index (χ0n) is 13.0. The zero-order valence-corrected chi connectivity index (χ0v) is 13.8. The first-order valence-corrected chi connectivity index (χ1v) is 8.26. The Morgan fingerprint density at radius 3 is 3.00 bits per heavy atom. The van der Waals surface area contributed by atoms with E-state index < -0.39 is 31.2 Å². The Kier molecular flexibility index (Phi) is 4.46. The molecule has 0 aromatic carbocycles. The Bertz CT molecular complexity index is 771. The summed E-state index contributed by atoms with van der Waals surface area (Å²) in [6.45, 7) is 0.455. The molecule has 9 nitrogen and oxygen atoms in total. The molecule has 135 valence electrons. The summed E-state index contributed by atoms with van der Waals surface area (Å²) < 4.78 is 26.3. The molecular weight excluding hydrogens is 357 g/mol.